The molecule has 4 aromatic rings. The van der Waals surface area contributed by atoms with Gasteiger partial charge in [-0.15, -0.1) is 0 Å². The van der Waals surface area contributed by atoms with Gasteiger partial charge in [0.1, 0.15) is 17.2 Å². The number of fused-ring (bicyclic) bond motifs is 1. The summed E-state index contributed by atoms with van der Waals surface area (Å²) in [7, 11) is 1.78. The van der Waals surface area contributed by atoms with Gasteiger partial charge in [0.05, 0.1) is 17.4 Å². The van der Waals surface area contributed by atoms with Crippen molar-refractivity contribution in [3.8, 4) is 11.4 Å². The first-order chi connectivity index (χ1) is 16.3. The molecule has 0 aliphatic carbocycles. The molecule has 0 unspecified atom stereocenters. The Hall–Kier alpha value is -3.86. The van der Waals surface area contributed by atoms with Gasteiger partial charge in [-0.3, -0.25) is 9.48 Å². The molecule has 12 heteroatoms. The van der Waals surface area contributed by atoms with Crippen LogP contribution in [0.4, 0.5) is 20.5 Å². The van der Waals surface area contributed by atoms with Crippen molar-refractivity contribution in [1.29, 1.82) is 0 Å². The first-order valence-electron chi connectivity index (χ1n) is 10.4. The van der Waals surface area contributed by atoms with Crippen LogP contribution < -0.4 is 5.32 Å². The fraction of sp³-hybridized carbons (Fsp3) is 0.227. The Labute approximate surface area is 198 Å². The summed E-state index contributed by atoms with van der Waals surface area (Å²) in [6, 6.07) is 5.19. The van der Waals surface area contributed by atoms with Crippen molar-refractivity contribution in [3.63, 3.8) is 0 Å². The summed E-state index contributed by atoms with van der Waals surface area (Å²) >= 11 is 6.36. The Bertz CT molecular complexity index is 1400. The fourth-order valence-corrected chi connectivity index (χ4v) is 4.02. The molecular weight excluding hydrogens is 466 g/mol. The molecule has 0 radical (unpaired) electrons. The van der Waals surface area contributed by atoms with Crippen LogP contribution >= 0.6 is 11.6 Å². The second-order valence-corrected chi connectivity index (χ2v) is 8.40. The van der Waals surface area contributed by atoms with Crippen LogP contribution in [0.5, 0.6) is 0 Å². The monoisotopic (exact) mass is 484 g/mol. The molecule has 0 spiro atoms. The van der Waals surface area contributed by atoms with Gasteiger partial charge in [0.2, 0.25) is 5.95 Å². The molecule has 3 aromatic heterocycles. The van der Waals surface area contributed by atoms with E-state index >= 15 is 0 Å². The molecular formula is C22H19ClF2N8O. The van der Waals surface area contributed by atoms with Crippen molar-refractivity contribution in [2.45, 2.75) is 26.1 Å². The Morgan fingerprint density at radius 1 is 1.21 bits per heavy atom. The summed E-state index contributed by atoms with van der Waals surface area (Å²) in [6.45, 7) is 2.49. The standard InChI is InChI=1S/C22H19ClF2N8O/c1-12-9-32-11-17(19-14(23)8-26-22(30-19)29-18-5-6-27-31(18)2)28-20(32)21(34)33(12)10-13-3-4-15(24)16(25)7-13/h3-8,11-12H,9-10H2,1-2H3,(H,26,29,30)/t12-/m0/s1. The van der Waals surface area contributed by atoms with E-state index in [2.05, 4.69) is 25.4 Å². The second-order valence-electron chi connectivity index (χ2n) is 7.99. The largest absolute Gasteiger partial charge is 0.327 e. The minimum Gasteiger partial charge on any atom is -0.327 e. The predicted molar refractivity (Wildman–Crippen MR) is 120 cm³/mol. The number of hydrogen-bond donors (Lipinski definition) is 1. The smallest absolute Gasteiger partial charge is 0.290 e. The topological polar surface area (TPSA) is 93.8 Å². The Balaban J connectivity index is 1.43. The van der Waals surface area contributed by atoms with Gasteiger partial charge in [-0.1, -0.05) is 17.7 Å². The van der Waals surface area contributed by atoms with Gasteiger partial charge in [-0.2, -0.15) is 5.10 Å². The van der Waals surface area contributed by atoms with E-state index in [1.165, 1.54) is 12.3 Å². The number of nitrogens with one attached hydrogen (secondary N) is 1. The maximum absolute atomic E-state index is 13.6. The quantitative estimate of drug-likeness (QED) is 0.463. The Kier molecular flexibility index (Phi) is 5.48. The van der Waals surface area contributed by atoms with Crippen LogP contribution in [0.2, 0.25) is 5.02 Å². The number of amides is 1. The Morgan fingerprint density at radius 2 is 2.03 bits per heavy atom. The average molecular weight is 485 g/mol. The fourth-order valence-electron chi connectivity index (χ4n) is 3.83. The molecule has 0 saturated carbocycles. The number of aromatic nitrogens is 6. The predicted octanol–water partition coefficient (Wildman–Crippen LogP) is 3.79. The Morgan fingerprint density at radius 3 is 2.76 bits per heavy atom. The molecule has 1 aliphatic rings. The summed E-state index contributed by atoms with van der Waals surface area (Å²) in [4.78, 5) is 28.0. The van der Waals surface area contributed by atoms with E-state index in [1.54, 1.807) is 39.7 Å². The van der Waals surface area contributed by atoms with Crippen LogP contribution in [-0.4, -0.2) is 46.1 Å². The summed E-state index contributed by atoms with van der Waals surface area (Å²) in [5, 5.41) is 7.44. The number of hydrogen-bond acceptors (Lipinski definition) is 6. The zero-order valence-corrected chi connectivity index (χ0v) is 19.0. The zero-order chi connectivity index (χ0) is 24.0. The van der Waals surface area contributed by atoms with Crippen LogP contribution in [0.15, 0.2) is 42.9 Å². The van der Waals surface area contributed by atoms with E-state index in [4.69, 9.17) is 11.6 Å². The molecule has 1 aliphatic heterocycles. The van der Waals surface area contributed by atoms with Crippen LogP contribution in [-0.2, 0) is 20.1 Å². The van der Waals surface area contributed by atoms with Crippen molar-refractivity contribution >= 4 is 29.3 Å². The molecule has 1 aromatic carbocycles. The molecule has 1 N–H and O–H groups in total. The third kappa shape index (κ3) is 3.98. The molecule has 0 fully saturated rings. The van der Waals surface area contributed by atoms with E-state index in [0.29, 0.717) is 35.3 Å². The van der Waals surface area contributed by atoms with E-state index in [-0.39, 0.29) is 29.3 Å². The highest BCUT2D eigenvalue weighted by Crippen LogP contribution is 2.29. The molecule has 0 saturated heterocycles. The van der Waals surface area contributed by atoms with Crippen molar-refractivity contribution < 1.29 is 13.6 Å². The number of aryl methyl sites for hydroxylation is 1. The van der Waals surface area contributed by atoms with Crippen molar-refractivity contribution in [2.75, 3.05) is 5.32 Å². The highest BCUT2D eigenvalue weighted by molar-refractivity contribution is 6.32. The number of carbonyl (C=O) groups is 1. The van der Waals surface area contributed by atoms with E-state index in [0.717, 1.165) is 12.1 Å². The molecule has 1 atom stereocenters. The maximum atomic E-state index is 13.6. The molecule has 174 valence electrons. The minimum absolute atomic E-state index is 0.131. The SMILES string of the molecule is C[C@H]1Cn2cc(-c3nc(Nc4ccnn4C)ncc3Cl)nc2C(=O)N1Cc1ccc(F)c(F)c1. The van der Waals surface area contributed by atoms with Gasteiger partial charge in [0.15, 0.2) is 17.5 Å². The number of carbonyl (C=O) groups excluding carboxylic acids is 1. The van der Waals surface area contributed by atoms with E-state index in [9.17, 15) is 13.6 Å². The summed E-state index contributed by atoms with van der Waals surface area (Å²) in [5.41, 5.74) is 1.28. The number of nitrogens with zero attached hydrogens (tertiary/aromatic N) is 7. The number of benzene rings is 1. The van der Waals surface area contributed by atoms with E-state index < -0.39 is 11.6 Å². The average Bonchev–Trinajstić information content (AvgIpc) is 3.41. The van der Waals surface area contributed by atoms with Crippen LogP contribution in [0.3, 0.4) is 0 Å². The highest BCUT2D eigenvalue weighted by atomic mass is 35.5. The molecule has 34 heavy (non-hydrogen) atoms. The third-order valence-corrected chi connectivity index (χ3v) is 5.88. The molecule has 5 rings (SSSR count). The van der Waals surface area contributed by atoms with Gasteiger partial charge < -0.3 is 14.8 Å². The van der Waals surface area contributed by atoms with Crippen molar-refractivity contribution in [3.05, 3.63) is 70.9 Å². The number of imidazole rings is 1. The normalized spacial score (nSPS) is 15.5. The highest BCUT2D eigenvalue weighted by Gasteiger charge is 2.32. The lowest BCUT2D eigenvalue weighted by atomic mass is 10.1. The molecule has 9 nitrogen and oxygen atoms in total. The number of rotatable bonds is 5. The van der Waals surface area contributed by atoms with Crippen LogP contribution in [0, 0.1) is 11.6 Å². The number of halogens is 3. The maximum Gasteiger partial charge on any atom is 0.290 e. The zero-order valence-electron chi connectivity index (χ0n) is 18.2. The van der Waals surface area contributed by atoms with Gasteiger partial charge in [0.25, 0.3) is 5.91 Å². The van der Waals surface area contributed by atoms with Crippen molar-refractivity contribution in [2.24, 2.45) is 7.05 Å². The first kappa shape index (κ1) is 22.0. The lowest BCUT2D eigenvalue weighted by molar-refractivity contribution is 0.0587. The van der Waals surface area contributed by atoms with Gasteiger partial charge >= 0.3 is 0 Å². The van der Waals surface area contributed by atoms with E-state index in [1.807, 2.05) is 6.92 Å². The summed E-state index contributed by atoms with van der Waals surface area (Å²) in [5.74, 6) is -1.00. The summed E-state index contributed by atoms with van der Waals surface area (Å²) in [6.07, 6.45) is 4.82. The van der Waals surface area contributed by atoms with Crippen LogP contribution in [0.25, 0.3) is 11.4 Å². The second kappa shape index (κ2) is 8.49. The minimum atomic E-state index is -0.952. The molecule has 0 bridgehead atoms. The van der Waals surface area contributed by atoms with Gasteiger partial charge in [0, 0.05) is 38.4 Å². The van der Waals surface area contributed by atoms with Crippen molar-refractivity contribution in [1.82, 2.24) is 34.2 Å². The lowest BCUT2D eigenvalue weighted by Crippen LogP contribution is -2.46. The summed E-state index contributed by atoms with van der Waals surface area (Å²) < 4.78 is 30.3. The lowest BCUT2D eigenvalue weighted by Gasteiger charge is -2.33. The molecule has 1 amide bonds. The third-order valence-electron chi connectivity index (χ3n) is 5.61. The molecule has 4 heterocycles. The van der Waals surface area contributed by atoms with Gasteiger partial charge in [-0.25, -0.2) is 23.7 Å². The van der Waals surface area contributed by atoms with Crippen LogP contribution in [0.1, 0.15) is 23.1 Å². The van der Waals surface area contributed by atoms with Gasteiger partial charge in [-0.05, 0) is 24.6 Å². The number of anilines is 2. The first-order valence-corrected chi connectivity index (χ1v) is 10.8.